The van der Waals surface area contributed by atoms with Crippen molar-refractivity contribution >= 4 is 10.9 Å². The van der Waals surface area contributed by atoms with Crippen molar-refractivity contribution in [1.82, 2.24) is 14.5 Å². The van der Waals surface area contributed by atoms with Crippen LogP contribution in [0.4, 0.5) is 0 Å². The van der Waals surface area contributed by atoms with Crippen LogP contribution in [0.2, 0.25) is 0 Å². The molecule has 3 rings (SSSR count). The molecule has 2 heterocycles. The molecule has 0 saturated carbocycles. The fourth-order valence-corrected chi connectivity index (χ4v) is 2.35. The van der Waals surface area contributed by atoms with Crippen LogP contribution in [0.1, 0.15) is 19.7 Å². The fourth-order valence-electron chi connectivity index (χ4n) is 2.35. The van der Waals surface area contributed by atoms with Crippen molar-refractivity contribution < 1.29 is 5.11 Å². The molecule has 4 heteroatoms. The van der Waals surface area contributed by atoms with Gasteiger partial charge in [-0.1, -0.05) is 18.2 Å². The zero-order chi connectivity index (χ0) is 14.3. The highest BCUT2D eigenvalue weighted by atomic mass is 16.3. The molecule has 4 nitrogen and oxygen atoms in total. The topological polar surface area (TPSA) is 50.9 Å². The maximum absolute atomic E-state index is 10.0. The summed E-state index contributed by atoms with van der Waals surface area (Å²) in [5.74, 6) is 0.433. The number of fused-ring (bicyclic) bond motifs is 1. The summed E-state index contributed by atoms with van der Waals surface area (Å²) in [6.45, 7) is 3.38. The van der Waals surface area contributed by atoms with E-state index in [0.717, 1.165) is 22.2 Å². The molecule has 2 aromatic heterocycles. The third-order valence-corrected chi connectivity index (χ3v) is 3.38. The number of aliphatic hydroxyl groups is 1. The molecule has 3 aromatic rings. The van der Waals surface area contributed by atoms with E-state index in [0.29, 0.717) is 5.82 Å². The first-order valence-electron chi connectivity index (χ1n) is 6.57. The molecule has 0 radical (unpaired) electrons. The van der Waals surface area contributed by atoms with Crippen molar-refractivity contribution in [2.45, 2.75) is 19.4 Å². The van der Waals surface area contributed by atoms with E-state index in [1.807, 2.05) is 25.2 Å². The Morgan fingerprint density at radius 3 is 2.65 bits per heavy atom. The standard InChI is InChI=1S/C16H17N3O/c1-16(2,20)15-17-9-8-13(18-15)12-10-19(3)14-7-5-4-6-11(12)14/h4-10,20H,1-3H3. The molecule has 102 valence electrons. The molecule has 1 aromatic carbocycles. The third kappa shape index (κ3) is 2.08. The minimum absolute atomic E-state index is 0.433. The average molecular weight is 267 g/mol. The summed E-state index contributed by atoms with van der Waals surface area (Å²) in [5, 5.41) is 11.2. The van der Waals surface area contributed by atoms with E-state index < -0.39 is 5.60 Å². The first kappa shape index (κ1) is 12.8. The fraction of sp³-hybridized carbons (Fsp3) is 0.250. The Hall–Kier alpha value is -2.20. The van der Waals surface area contributed by atoms with Crippen molar-refractivity contribution in [2.24, 2.45) is 7.05 Å². The zero-order valence-electron chi connectivity index (χ0n) is 11.8. The highest BCUT2D eigenvalue weighted by molar-refractivity contribution is 5.95. The first-order chi connectivity index (χ1) is 9.47. The van der Waals surface area contributed by atoms with Gasteiger partial charge in [0.15, 0.2) is 5.82 Å². The number of aromatic nitrogens is 3. The molecular formula is C16H17N3O. The lowest BCUT2D eigenvalue weighted by atomic mass is 10.1. The van der Waals surface area contributed by atoms with Gasteiger partial charge in [-0.2, -0.15) is 0 Å². The number of rotatable bonds is 2. The van der Waals surface area contributed by atoms with E-state index in [-0.39, 0.29) is 0 Å². The minimum Gasteiger partial charge on any atom is -0.382 e. The summed E-state index contributed by atoms with van der Waals surface area (Å²) in [4.78, 5) is 8.66. The van der Waals surface area contributed by atoms with Gasteiger partial charge < -0.3 is 9.67 Å². The van der Waals surface area contributed by atoms with Gasteiger partial charge in [0.25, 0.3) is 0 Å². The Labute approximate surface area is 117 Å². The number of hydrogen-bond donors (Lipinski definition) is 1. The van der Waals surface area contributed by atoms with Gasteiger partial charge in [0, 0.05) is 35.9 Å². The highest BCUT2D eigenvalue weighted by Gasteiger charge is 2.20. The van der Waals surface area contributed by atoms with Crippen LogP contribution in [0.3, 0.4) is 0 Å². The number of para-hydroxylation sites is 1. The van der Waals surface area contributed by atoms with Crippen LogP contribution in [-0.2, 0) is 12.6 Å². The van der Waals surface area contributed by atoms with Crippen molar-refractivity contribution in [1.29, 1.82) is 0 Å². The van der Waals surface area contributed by atoms with E-state index in [1.165, 1.54) is 0 Å². The Morgan fingerprint density at radius 2 is 1.90 bits per heavy atom. The van der Waals surface area contributed by atoms with Gasteiger partial charge in [-0.05, 0) is 26.0 Å². The number of hydrogen-bond acceptors (Lipinski definition) is 3. The monoisotopic (exact) mass is 267 g/mol. The van der Waals surface area contributed by atoms with Gasteiger partial charge in [-0.25, -0.2) is 9.97 Å². The number of aryl methyl sites for hydroxylation is 1. The molecule has 0 aliphatic rings. The molecule has 0 atom stereocenters. The van der Waals surface area contributed by atoms with Crippen LogP contribution in [0.25, 0.3) is 22.2 Å². The summed E-state index contributed by atoms with van der Waals surface area (Å²) >= 11 is 0. The third-order valence-electron chi connectivity index (χ3n) is 3.38. The molecule has 0 spiro atoms. The van der Waals surface area contributed by atoms with Crippen LogP contribution in [0.15, 0.2) is 42.7 Å². The maximum Gasteiger partial charge on any atom is 0.160 e. The van der Waals surface area contributed by atoms with Crippen LogP contribution in [0, 0.1) is 0 Å². The van der Waals surface area contributed by atoms with Crippen molar-refractivity contribution in [2.75, 3.05) is 0 Å². The van der Waals surface area contributed by atoms with Gasteiger partial charge in [-0.15, -0.1) is 0 Å². The molecule has 0 saturated heterocycles. The van der Waals surface area contributed by atoms with E-state index in [1.54, 1.807) is 20.0 Å². The Balaban J connectivity index is 2.21. The molecular weight excluding hydrogens is 250 g/mol. The second-order valence-electron chi connectivity index (χ2n) is 5.50. The van der Waals surface area contributed by atoms with Gasteiger partial charge in [0.1, 0.15) is 5.60 Å². The summed E-state index contributed by atoms with van der Waals surface area (Å²) in [6.07, 6.45) is 3.75. The summed E-state index contributed by atoms with van der Waals surface area (Å²) in [7, 11) is 2.02. The lowest BCUT2D eigenvalue weighted by Crippen LogP contribution is -2.19. The molecule has 1 N–H and O–H groups in total. The average Bonchev–Trinajstić information content (AvgIpc) is 2.76. The normalized spacial score (nSPS) is 12.0. The van der Waals surface area contributed by atoms with Crippen molar-refractivity contribution in [3.63, 3.8) is 0 Å². The largest absolute Gasteiger partial charge is 0.382 e. The summed E-state index contributed by atoms with van der Waals surface area (Å²) in [5.41, 5.74) is 2.00. The smallest absolute Gasteiger partial charge is 0.160 e. The lowest BCUT2D eigenvalue weighted by Gasteiger charge is -2.15. The molecule has 0 aliphatic carbocycles. The molecule has 20 heavy (non-hydrogen) atoms. The van der Waals surface area contributed by atoms with Crippen molar-refractivity contribution in [3.05, 3.63) is 48.5 Å². The molecule has 0 aliphatic heterocycles. The Bertz CT molecular complexity index is 769. The quantitative estimate of drug-likeness (QED) is 0.776. The molecule has 0 fully saturated rings. The van der Waals surface area contributed by atoms with Gasteiger partial charge in [0.2, 0.25) is 0 Å². The Morgan fingerprint density at radius 1 is 1.15 bits per heavy atom. The van der Waals surface area contributed by atoms with Crippen LogP contribution in [-0.4, -0.2) is 19.6 Å². The van der Waals surface area contributed by atoms with Gasteiger partial charge >= 0.3 is 0 Å². The van der Waals surface area contributed by atoms with Crippen LogP contribution >= 0.6 is 0 Å². The predicted octanol–water partition coefficient (Wildman–Crippen LogP) is 2.86. The molecule has 0 unspecified atom stereocenters. The maximum atomic E-state index is 10.0. The number of nitrogens with zero attached hydrogens (tertiary/aromatic N) is 3. The van der Waals surface area contributed by atoms with Gasteiger partial charge in [-0.3, -0.25) is 0 Å². The molecule has 0 bridgehead atoms. The number of benzene rings is 1. The molecule has 0 amide bonds. The SMILES string of the molecule is Cn1cc(-c2ccnc(C(C)(C)O)n2)c2ccccc21. The lowest BCUT2D eigenvalue weighted by molar-refractivity contribution is 0.0688. The minimum atomic E-state index is -1.04. The van der Waals surface area contributed by atoms with Crippen LogP contribution < -0.4 is 0 Å². The van der Waals surface area contributed by atoms with E-state index in [9.17, 15) is 5.11 Å². The zero-order valence-corrected chi connectivity index (χ0v) is 11.8. The predicted molar refractivity (Wildman–Crippen MR) is 79.2 cm³/mol. The summed E-state index contributed by atoms with van der Waals surface area (Å²) in [6, 6.07) is 10.1. The van der Waals surface area contributed by atoms with E-state index in [4.69, 9.17) is 0 Å². The van der Waals surface area contributed by atoms with Crippen LogP contribution in [0.5, 0.6) is 0 Å². The Kier molecular flexibility index (Phi) is 2.83. The second-order valence-corrected chi connectivity index (χ2v) is 5.50. The highest BCUT2D eigenvalue weighted by Crippen LogP contribution is 2.29. The van der Waals surface area contributed by atoms with Gasteiger partial charge in [0.05, 0.1) is 5.69 Å². The summed E-state index contributed by atoms with van der Waals surface area (Å²) < 4.78 is 2.08. The van der Waals surface area contributed by atoms with Crippen molar-refractivity contribution in [3.8, 4) is 11.3 Å². The van der Waals surface area contributed by atoms with E-state index >= 15 is 0 Å². The van der Waals surface area contributed by atoms with E-state index in [2.05, 4.69) is 32.9 Å². The second kappa shape index (κ2) is 4.42. The first-order valence-corrected chi connectivity index (χ1v) is 6.57.